The van der Waals surface area contributed by atoms with Crippen LogP contribution >= 0.6 is 0 Å². The molecule has 62 valence electrons. The first-order chi connectivity index (χ1) is 5.93. The Balaban J connectivity index is 2.41. The summed E-state index contributed by atoms with van der Waals surface area (Å²) >= 11 is 0. The van der Waals surface area contributed by atoms with Crippen LogP contribution in [0.2, 0.25) is 6.04 Å². The van der Waals surface area contributed by atoms with E-state index in [0.29, 0.717) is 0 Å². The summed E-state index contributed by atoms with van der Waals surface area (Å²) in [5, 5.41) is 0. The van der Waals surface area contributed by atoms with E-state index in [1.807, 2.05) is 12.1 Å². The van der Waals surface area contributed by atoms with Gasteiger partial charge >= 0.3 is 0 Å². The summed E-state index contributed by atoms with van der Waals surface area (Å²) in [7, 11) is -0.0311. The summed E-state index contributed by atoms with van der Waals surface area (Å²) in [6.07, 6.45) is 4.21. The van der Waals surface area contributed by atoms with Crippen molar-refractivity contribution >= 4 is 15.6 Å². The first-order valence-corrected chi connectivity index (χ1v) is 6.07. The smallest absolute Gasteiger partial charge is 0.0491 e. The van der Waals surface area contributed by atoms with Crippen LogP contribution < -0.4 is 0 Å². The molecule has 0 nitrogen and oxygen atoms in total. The summed E-state index contributed by atoms with van der Waals surface area (Å²) in [6, 6.07) is 11.6. The van der Waals surface area contributed by atoms with Crippen LogP contribution in [0.5, 0.6) is 0 Å². The maximum atomic E-state index is 3.71. The van der Waals surface area contributed by atoms with Gasteiger partial charge in [-0.2, -0.15) is 0 Å². The Labute approximate surface area is 76.5 Å². The van der Waals surface area contributed by atoms with Crippen molar-refractivity contribution in [2.75, 3.05) is 0 Å². The lowest BCUT2D eigenvalue weighted by Gasteiger charge is -1.89. The lowest BCUT2D eigenvalue weighted by atomic mass is 10.2. The van der Waals surface area contributed by atoms with Crippen molar-refractivity contribution in [1.82, 2.24) is 0 Å². The SMILES string of the molecule is C=CC[SiH2]C=Cc1ccccc1. The molecule has 1 rings (SSSR count). The van der Waals surface area contributed by atoms with Gasteiger partial charge in [0.1, 0.15) is 0 Å². The second-order valence-electron chi connectivity index (χ2n) is 2.68. The number of hydrogen-bond donors (Lipinski definition) is 0. The minimum Gasteiger partial charge on any atom is -0.103 e. The molecular weight excluding hydrogens is 160 g/mol. The van der Waals surface area contributed by atoms with Crippen molar-refractivity contribution in [3.05, 3.63) is 54.2 Å². The van der Waals surface area contributed by atoms with Gasteiger partial charge in [-0.3, -0.25) is 0 Å². The molecule has 0 atom stereocenters. The molecule has 0 unspecified atom stereocenters. The van der Waals surface area contributed by atoms with E-state index in [-0.39, 0.29) is 9.52 Å². The molecule has 0 aliphatic rings. The van der Waals surface area contributed by atoms with Crippen LogP contribution in [0.15, 0.2) is 48.7 Å². The summed E-state index contributed by atoms with van der Waals surface area (Å²) in [4.78, 5) is 0. The van der Waals surface area contributed by atoms with Gasteiger partial charge in [-0.1, -0.05) is 42.5 Å². The van der Waals surface area contributed by atoms with Crippen LogP contribution in [0, 0.1) is 0 Å². The minimum atomic E-state index is -0.0311. The normalized spacial score (nSPS) is 11.3. The van der Waals surface area contributed by atoms with E-state index < -0.39 is 0 Å². The predicted octanol–water partition coefficient (Wildman–Crippen LogP) is 2.43. The van der Waals surface area contributed by atoms with Crippen LogP contribution in [0.25, 0.3) is 6.08 Å². The highest BCUT2D eigenvalue weighted by Gasteiger charge is 1.81. The Hall–Kier alpha value is -1.08. The molecule has 1 heteroatoms. The molecule has 0 radical (unpaired) electrons. The molecule has 0 saturated heterocycles. The van der Waals surface area contributed by atoms with E-state index in [2.05, 4.69) is 42.6 Å². The summed E-state index contributed by atoms with van der Waals surface area (Å²) in [6.45, 7) is 3.71. The van der Waals surface area contributed by atoms with Gasteiger partial charge in [0.05, 0.1) is 0 Å². The van der Waals surface area contributed by atoms with Gasteiger partial charge in [0.2, 0.25) is 0 Å². The van der Waals surface area contributed by atoms with Crippen LogP contribution in [0.1, 0.15) is 5.56 Å². The highest BCUT2D eigenvalue weighted by Crippen LogP contribution is 2.00. The Bertz CT molecular complexity index is 249. The van der Waals surface area contributed by atoms with Crippen molar-refractivity contribution in [2.45, 2.75) is 6.04 Å². The van der Waals surface area contributed by atoms with E-state index in [9.17, 15) is 0 Å². The lowest BCUT2D eigenvalue weighted by Crippen LogP contribution is -1.78. The van der Waals surface area contributed by atoms with E-state index in [1.165, 1.54) is 11.6 Å². The Morgan fingerprint density at radius 2 is 2.00 bits per heavy atom. The molecule has 0 amide bonds. The second kappa shape index (κ2) is 5.55. The zero-order valence-corrected chi connectivity index (χ0v) is 8.65. The number of rotatable bonds is 4. The molecule has 0 aliphatic heterocycles. The second-order valence-corrected chi connectivity index (χ2v) is 4.31. The molecule has 0 fully saturated rings. The zero-order valence-electron chi connectivity index (χ0n) is 7.24. The molecule has 0 saturated carbocycles. The summed E-state index contributed by atoms with van der Waals surface area (Å²) < 4.78 is 0. The summed E-state index contributed by atoms with van der Waals surface area (Å²) in [5.74, 6) is 0. The van der Waals surface area contributed by atoms with Crippen molar-refractivity contribution < 1.29 is 0 Å². The molecule has 0 heterocycles. The number of allylic oxidation sites excluding steroid dienone is 1. The third-order valence-electron chi connectivity index (χ3n) is 1.65. The third kappa shape index (κ3) is 3.35. The Morgan fingerprint density at radius 1 is 1.25 bits per heavy atom. The van der Waals surface area contributed by atoms with Gasteiger partial charge < -0.3 is 0 Å². The van der Waals surface area contributed by atoms with Crippen LogP contribution in [0.3, 0.4) is 0 Å². The zero-order chi connectivity index (χ0) is 8.65. The van der Waals surface area contributed by atoms with Crippen LogP contribution in [-0.2, 0) is 0 Å². The standard InChI is InChI=1S/C11H14Si/c1-2-9-12-10-8-11-6-4-3-5-7-11/h2-8,10H,1,9,12H2. The average Bonchev–Trinajstić information content (AvgIpc) is 2.14. The highest BCUT2D eigenvalue weighted by atomic mass is 28.2. The third-order valence-corrected chi connectivity index (χ3v) is 2.96. The first-order valence-electron chi connectivity index (χ1n) is 4.26. The largest absolute Gasteiger partial charge is 0.103 e. The van der Waals surface area contributed by atoms with Gasteiger partial charge in [0, 0.05) is 9.52 Å². The molecular formula is C11H14Si. The van der Waals surface area contributed by atoms with Gasteiger partial charge in [0.15, 0.2) is 0 Å². The van der Waals surface area contributed by atoms with Gasteiger partial charge in [-0.05, 0) is 11.6 Å². The van der Waals surface area contributed by atoms with Crippen LogP contribution in [-0.4, -0.2) is 9.52 Å². The van der Waals surface area contributed by atoms with Crippen molar-refractivity contribution in [1.29, 1.82) is 0 Å². The minimum absolute atomic E-state index is 0.0311. The number of hydrogen-bond acceptors (Lipinski definition) is 0. The molecule has 12 heavy (non-hydrogen) atoms. The van der Waals surface area contributed by atoms with Crippen LogP contribution in [0.4, 0.5) is 0 Å². The maximum absolute atomic E-state index is 3.71. The molecule has 0 bridgehead atoms. The van der Waals surface area contributed by atoms with Gasteiger partial charge in [-0.15, -0.1) is 12.3 Å². The molecule has 0 aliphatic carbocycles. The molecule has 0 N–H and O–H groups in total. The fraction of sp³-hybridized carbons (Fsp3) is 0.0909. The average molecular weight is 174 g/mol. The van der Waals surface area contributed by atoms with E-state index >= 15 is 0 Å². The molecule has 0 spiro atoms. The monoisotopic (exact) mass is 174 g/mol. The lowest BCUT2D eigenvalue weighted by molar-refractivity contribution is 1.66. The highest BCUT2D eigenvalue weighted by molar-refractivity contribution is 6.43. The Kier molecular flexibility index (Phi) is 4.17. The van der Waals surface area contributed by atoms with Gasteiger partial charge in [-0.25, -0.2) is 0 Å². The molecule has 1 aromatic carbocycles. The first kappa shape index (κ1) is 9.01. The van der Waals surface area contributed by atoms with E-state index in [1.54, 1.807) is 0 Å². The predicted molar refractivity (Wildman–Crippen MR) is 59.0 cm³/mol. The summed E-state index contributed by atoms with van der Waals surface area (Å²) in [5.41, 5.74) is 3.62. The fourth-order valence-electron chi connectivity index (χ4n) is 0.998. The van der Waals surface area contributed by atoms with E-state index in [4.69, 9.17) is 0 Å². The van der Waals surface area contributed by atoms with Crippen molar-refractivity contribution in [3.63, 3.8) is 0 Å². The number of benzene rings is 1. The Morgan fingerprint density at radius 3 is 2.67 bits per heavy atom. The van der Waals surface area contributed by atoms with Gasteiger partial charge in [0.25, 0.3) is 0 Å². The molecule has 1 aromatic rings. The van der Waals surface area contributed by atoms with Crippen molar-refractivity contribution in [2.24, 2.45) is 0 Å². The fourth-order valence-corrected chi connectivity index (χ4v) is 1.86. The topological polar surface area (TPSA) is 0 Å². The quantitative estimate of drug-likeness (QED) is 0.373. The maximum Gasteiger partial charge on any atom is 0.0491 e. The van der Waals surface area contributed by atoms with E-state index in [0.717, 1.165) is 0 Å². The van der Waals surface area contributed by atoms with Crippen molar-refractivity contribution in [3.8, 4) is 0 Å². The molecule has 0 aromatic heterocycles.